The minimum Gasteiger partial charge on any atom is -0.330 e. The van der Waals surface area contributed by atoms with Crippen LogP contribution in [0.4, 0.5) is 8.78 Å². The van der Waals surface area contributed by atoms with E-state index in [4.69, 9.17) is 10.7 Å². The second-order valence-electron chi connectivity index (χ2n) is 14.3. The van der Waals surface area contributed by atoms with Gasteiger partial charge in [-0.3, -0.25) is 24.5 Å². The molecule has 45 heavy (non-hydrogen) atoms. The molecule has 1 saturated carbocycles. The number of carbonyl (C=O) groups is 1. The van der Waals surface area contributed by atoms with Crippen LogP contribution in [0.15, 0.2) is 48.7 Å². The lowest BCUT2D eigenvalue weighted by Gasteiger charge is -2.61. The van der Waals surface area contributed by atoms with Crippen molar-refractivity contribution >= 4 is 5.78 Å². The third-order valence-corrected chi connectivity index (χ3v) is 11.5. The van der Waals surface area contributed by atoms with E-state index in [1.807, 2.05) is 12.3 Å². The summed E-state index contributed by atoms with van der Waals surface area (Å²) in [6.45, 7) is 4.85. The third-order valence-electron chi connectivity index (χ3n) is 11.5. The van der Waals surface area contributed by atoms with Gasteiger partial charge in [-0.25, -0.2) is 8.78 Å². The SMILES string of the molecule is CN1CC2CC([C@@H]1CN(CCCCN)[C@H]1CCCc3cccnc31)N2CC[C@H](CC(=O)C1CCC(F)(F)CC1)c1ccccc1. The zero-order valence-corrected chi connectivity index (χ0v) is 27.1. The second-order valence-corrected chi connectivity index (χ2v) is 14.3. The number of ketones is 1. The Hall–Kier alpha value is -2.26. The molecule has 2 bridgehead atoms. The largest absolute Gasteiger partial charge is 0.330 e. The average molecular weight is 622 g/mol. The molecule has 2 N–H and O–H groups in total. The number of piperidine rings is 1. The number of nitrogens with two attached hydrogens (primary N) is 1. The summed E-state index contributed by atoms with van der Waals surface area (Å²) >= 11 is 0. The van der Waals surface area contributed by atoms with Crippen molar-refractivity contribution in [2.75, 3.05) is 39.8 Å². The van der Waals surface area contributed by atoms with Gasteiger partial charge >= 0.3 is 0 Å². The Morgan fingerprint density at radius 2 is 1.91 bits per heavy atom. The highest BCUT2D eigenvalue weighted by molar-refractivity contribution is 5.82. The van der Waals surface area contributed by atoms with Crippen LogP contribution < -0.4 is 5.73 Å². The minimum atomic E-state index is -2.61. The highest BCUT2D eigenvalue weighted by Gasteiger charge is 2.50. The number of nitrogens with zero attached hydrogens (tertiary/aromatic N) is 4. The molecule has 6 nitrogen and oxygen atoms in total. The van der Waals surface area contributed by atoms with Gasteiger partial charge in [-0.05, 0) is 108 Å². The first-order chi connectivity index (χ1) is 21.8. The van der Waals surface area contributed by atoms with Crippen molar-refractivity contribution in [3.05, 3.63) is 65.5 Å². The molecule has 8 heteroatoms. The number of unbranched alkanes of at least 4 members (excludes halogenated alkanes) is 1. The van der Waals surface area contributed by atoms with E-state index in [0.29, 0.717) is 43.4 Å². The summed E-state index contributed by atoms with van der Waals surface area (Å²) in [5.74, 6) is -2.53. The average Bonchev–Trinajstić information content (AvgIpc) is 3.04. The van der Waals surface area contributed by atoms with Crippen molar-refractivity contribution in [2.24, 2.45) is 11.7 Å². The Labute approximate surface area is 268 Å². The van der Waals surface area contributed by atoms with Crippen LogP contribution in [0.2, 0.25) is 0 Å². The number of aromatic nitrogens is 1. The number of benzene rings is 1. The first-order valence-electron chi connectivity index (χ1n) is 17.6. The predicted octanol–water partition coefficient (Wildman–Crippen LogP) is 6.22. The van der Waals surface area contributed by atoms with Crippen LogP contribution in [-0.4, -0.2) is 89.3 Å². The maximum Gasteiger partial charge on any atom is 0.248 e. The van der Waals surface area contributed by atoms with Crippen molar-refractivity contribution in [1.29, 1.82) is 0 Å². The number of carbonyl (C=O) groups excluding carboxylic acids is 1. The zero-order valence-electron chi connectivity index (χ0n) is 27.1. The molecule has 1 aromatic heterocycles. The maximum atomic E-state index is 13.8. The van der Waals surface area contributed by atoms with Gasteiger partial charge in [0, 0.05) is 62.6 Å². The molecule has 0 radical (unpaired) electrons. The van der Waals surface area contributed by atoms with Gasteiger partial charge in [-0.1, -0.05) is 36.4 Å². The summed E-state index contributed by atoms with van der Waals surface area (Å²) in [6.07, 6.45) is 10.5. The molecule has 7 rings (SSSR count). The first kappa shape index (κ1) is 32.7. The smallest absolute Gasteiger partial charge is 0.248 e. The van der Waals surface area contributed by atoms with E-state index in [9.17, 15) is 13.6 Å². The van der Waals surface area contributed by atoms with Crippen molar-refractivity contribution in [3.8, 4) is 0 Å². The van der Waals surface area contributed by atoms with Crippen LogP contribution in [-0.2, 0) is 11.2 Å². The Morgan fingerprint density at radius 3 is 2.69 bits per heavy atom. The molecule has 0 amide bonds. The Kier molecular flexibility index (Phi) is 10.6. The highest BCUT2D eigenvalue weighted by Crippen LogP contribution is 2.41. The van der Waals surface area contributed by atoms with Crippen LogP contribution >= 0.6 is 0 Å². The number of aryl methyl sites for hydroxylation is 1. The number of rotatable bonds is 14. The number of pyridine rings is 1. The summed E-state index contributed by atoms with van der Waals surface area (Å²) < 4.78 is 27.6. The van der Waals surface area contributed by atoms with E-state index >= 15 is 0 Å². The fourth-order valence-electron chi connectivity index (χ4n) is 8.81. The number of halogens is 2. The van der Waals surface area contributed by atoms with Gasteiger partial charge in [-0.15, -0.1) is 0 Å². The minimum absolute atomic E-state index is 0.121. The number of piperazine rings is 1. The van der Waals surface area contributed by atoms with Gasteiger partial charge in [0.25, 0.3) is 0 Å². The molecule has 3 saturated heterocycles. The number of fused-ring (bicyclic) bond motifs is 3. The zero-order chi connectivity index (χ0) is 31.4. The van der Waals surface area contributed by atoms with Crippen LogP contribution in [0, 0.1) is 5.92 Å². The quantitative estimate of drug-likeness (QED) is 0.253. The summed E-state index contributed by atoms with van der Waals surface area (Å²) in [5.41, 5.74) is 9.78. The van der Waals surface area contributed by atoms with Crippen LogP contribution in [0.5, 0.6) is 0 Å². The van der Waals surface area contributed by atoms with Gasteiger partial charge in [0.2, 0.25) is 5.92 Å². The molecule has 2 aliphatic carbocycles. The van der Waals surface area contributed by atoms with E-state index in [-0.39, 0.29) is 30.5 Å². The molecule has 5 atom stereocenters. The van der Waals surface area contributed by atoms with E-state index in [1.165, 1.54) is 29.7 Å². The highest BCUT2D eigenvalue weighted by atomic mass is 19.3. The number of hydrogen-bond acceptors (Lipinski definition) is 6. The molecule has 5 aliphatic rings. The van der Waals surface area contributed by atoms with Gasteiger partial charge < -0.3 is 5.73 Å². The maximum absolute atomic E-state index is 13.8. The number of alkyl halides is 2. The van der Waals surface area contributed by atoms with E-state index in [1.54, 1.807) is 0 Å². The number of Topliss-reactive ketones (excluding diaryl/α,β-unsaturated/α-hetero) is 1. The van der Waals surface area contributed by atoms with Gasteiger partial charge in [0.1, 0.15) is 5.78 Å². The molecule has 246 valence electrons. The molecule has 1 aromatic carbocycles. The third kappa shape index (κ3) is 7.66. The monoisotopic (exact) mass is 621 g/mol. The first-order valence-corrected chi connectivity index (χ1v) is 17.6. The Bertz CT molecular complexity index is 1250. The Morgan fingerprint density at radius 1 is 1.11 bits per heavy atom. The van der Waals surface area contributed by atoms with Crippen LogP contribution in [0.3, 0.4) is 0 Å². The van der Waals surface area contributed by atoms with Gasteiger partial charge in [0.15, 0.2) is 0 Å². The van der Waals surface area contributed by atoms with E-state index in [0.717, 1.165) is 64.8 Å². The molecule has 2 aromatic rings. The van der Waals surface area contributed by atoms with Crippen molar-refractivity contribution < 1.29 is 13.6 Å². The molecule has 2 unspecified atom stereocenters. The molecular weight excluding hydrogens is 568 g/mol. The lowest BCUT2D eigenvalue weighted by molar-refractivity contribution is -0.127. The van der Waals surface area contributed by atoms with Crippen molar-refractivity contribution in [2.45, 2.75) is 113 Å². The fraction of sp³-hybridized carbons (Fsp3) is 0.676. The number of hydrogen-bond donors (Lipinski definition) is 1. The standard InChI is InChI=1S/C37H53F2N5O/c1-42-25-31-24-33(34(42)26-43(21-6-5-19-40)32-13-7-11-29-12-8-20-41-36(29)32)44(31)22-16-30(27-9-3-2-4-10-27)23-35(45)28-14-17-37(38,39)18-15-28/h2-4,8-10,12,20,28,30-34H,5-7,11,13-19,21-26,40H2,1H3/t30-,31?,32+,33?,34+/m1/s1. The summed E-state index contributed by atoms with van der Waals surface area (Å²) in [5, 5.41) is 0. The predicted molar refractivity (Wildman–Crippen MR) is 175 cm³/mol. The lowest BCUT2D eigenvalue weighted by Crippen LogP contribution is -2.74. The summed E-state index contributed by atoms with van der Waals surface area (Å²) in [6, 6.07) is 16.6. The lowest BCUT2D eigenvalue weighted by atomic mass is 9.78. The molecule has 4 heterocycles. The van der Waals surface area contributed by atoms with Gasteiger partial charge in [-0.2, -0.15) is 0 Å². The second kappa shape index (κ2) is 14.7. The fourth-order valence-corrected chi connectivity index (χ4v) is 8.81. The van der Waals surface area contributed by atoms with Crippen molar-refractivity contribution in [3.63, 3.8) is 0 Å². The molecule has 4 fully saturated rings. The van der Waals surface area contributed by atoms with E-state index < -0.39 is 5.92 Å². The molecule has 0 spiro atoms. The molecule has 3 aliphatic heterocycles. The molecular formula is C37H53F2N5O. The van der Waals surface area contributed by atoms with Gasteiger partial charge in [0.05, 0.1) is 11.7 Å². The normalized spacial score (nSPS) is 27.6. The van der Waals surface area contributed by atoms with E-state index in [2.05, 4.69) is 58.1 Å². The topological polar surface area (TPSA) is 65.7 Å². The summed E-state index contributed by atoms with van der Waals surface area (Å²) in [7, 11) is 2.30. The summed E-state index contributed by atoms with van der Waals surface area (Å²) in [4.78, 5) is 26.3. The van der Waals surface area contributed by atoms with Crippen molar-refractivity contribution in [1.82, 2.24) is 19.7 Å². The number of likely N-dealkylation sites (N-methyl/N-ethyl adjacent to an activating group) is 1. The van der Waals surface area contributed by atoms with Crippen LogP contribution in [0.25, 0.3) is 0 Å². The van der Waals surface area contributed by atoms with Crippen LogP contribution in [0.1, 0.15) is 99.4 Å². The Balaban J connectivity index is 1.13.